The van der Waals surface area contributed by atoms with Crippen molar-refractivity contribution in [2.45, 2.75) is 177 Å². The molecule has 0 aromatic heterocycles. The molecule has 0 aliphatic carbocycles. The van der Waals surface area contributed by atoms with Crippen LogP contribution >= 0.6 is 0 Å². The second-order valence-electron chi connectivity index (χ2n) is 12.0. The van der Waals surface area contributed by atoms with Crippen molar-refractivity contribution < 1.29 is 21.1 Å². The van der Waals surface area contributed by atoms with Crippen LogP contribution in [0.3, 0.4) is 0 Å². The van der Waals surface area contributed by atoms with Gasteiger partial charge in [-0.2, -0.15) is 0 Å². The van der Waals surface area contributed by atoms with Gasteiger partial charge in [-0.05, 0) is 0 Å². The second-order valence-corrected chi connectivity index (χ2v) is 17.2. The Morgan fingerprint density at radius 2 is 0.590 bits per heavy atom. The Kier molecular flexibility index (Phi) is 29.1. The fourth-order valence-corrected chi connectivity index (χ4v) is 13.2. The Morgan fingerprint density at radius 1 is 0.333 bits per heavy atom. The van der Waals surface area contributed by atoms with Gasteiger partial charge in [-0.3, -0.25) is 0 Å². The van der Waals surface area contributed by atoms with Crippen LogP contribution in [0.15, 0.2) is 0 Å². The summed E-state index contributed by atoms with van der Waals surface area (Å²) in [5.74, 6) is 0. The van der Waals surface area contributed by atoms with E-state index in [0.717, 1.165) is 6.61 Å². The Morgan fingerprint density at radius 3 is 0.872 bits per heavy atom. The summed E-state index contributed by atoms with van der Waals surface area (Å²) in [7, 11) is 0. The van der Waals surface area contributed by atoms with Gasteiger partial charge in [0.05, 0.1) is 0 Å². The first-order valence-corrected chi connectivity index (χ1v) is 20.7. The average molecular weight is 590 g/mol. The maximum atomic E-state index is 7.61. The monoisotopic (exact) mass is 590 g/mol. The van der Waals surface area contributed by atoms with E-state index >= 15 is 0 Å². The average Bonchev–Trinajstić information content (AvgIpc) is 2.95. The van der Waals surface area contributed by atoms with E-state index in [1.165, 1.54) is 168 Å². The molecule has 0 radical (unpaired) electrons. The summed E-state index contributed by atoms with van der Waals surface area (Å²) in [4.78, 5) is 0. The molecular formula is C34H75N3OTi. The first-order chi connectivity index (χ1) is 19.1. The van der Waals surface area contributed by atoms with E-state index in [-0.39, 0.29) is 0 Å². The zero-order valence-corrected chi connectivity index (χ0v) is 29.9. The molecule has 0 saturated heterocycles. The number of nitrogens with zero attached hydrogens (tertiary/aromatic N) is 3. The van der Waals surface area contributed by atoms with Gasteiger partial charge in [-0.1, -0.05) is 0 Å². The molecule has 0 aromatic rings. The zero-order valence-electron chi connectivity index (χ0n) is 28.3. The molecule has 5 heteroatoms. The molecule has 0 aliphatic rings. The fraction of sp³-hybridized carbons (Fsp3) is 1.00. The number of unbranched alkanes of at least 4 members (excludes halogenated alkanes) is 13. The SMILES string of the molecule is CCCCCCCCCC[O][Ti]([N](CCCC)CCCC)([N](CCCC)CCCC)[N](CCCC)CCCC. The van der Waals surface area contributed by atoms with Crippen LogP contribution in [0, 0.1) is 0 Å². The minimum absolute atomic E-state index is 0.965. The van der Waals surface area contributed by atoms with Crippen molar-refractivity contribution in [2.75, 3.05) is 45.9 Å². The third kappa shape index (κ3) is 17.3. The van der Waals surface area contributed by atoms with Gasteiger partial charge in [0.2, 0.25) is 0 Å². The van der Waals surface area contributed by atoms with Crippen molar-refractivity contribution in [3.8, 4) is 0 Å². The Bertz CT molecular complexity index is 419. The molecule has 0 rings (SSSR count). The van der Waals surface area contributed by atoms with E-state index in [0.29, 0.717) is 0 Å². The Hall–Kier alpha value is 0.554. The van der Waals surface area contributed by atoms with Gasteiger partial charge >= 0.3 is 254 Å². The standard InChI is InChI=1S/C10H21O.3C8H18N.Ti/c1-2-3-4-5-6-7-8-9-10-11;3*1-3-5-7-9-8-6-4-2;/h2-10H2,1H3;3*3-8H2,1-2H3;/q4*-1;+4. The fourth-order valence-electron chi connectivity index (χ4n) is 5.62. The molecule has 0 aliphatic heterocycles. The van der Waals surface area contributed by atoms with Crippen LogP contribution in [0.2, 0.25) is 0 Å². The summed E-state index contributed by atoms with van der Waals surface area (Å²) >= 11 is -3.23. The van der Waals surface area contributed by atoms with E-state index < -0.39 is 17.7 Å². The summed E-state index contributed by atoms with van der Waals surface area (Å²) in [5.41, 5.74) is 0. The first kappa shape index (κ1) is 39.6. The summed E-state index contributed by atoms with van der Waals surface area (Å²) in [6.07, 6.45) is 26.3. The summed E-state index contributed by atoms with van der Waals surface area (Å²) in [5, 5.41) is 0. The van der Waals surface area contributed by atoms with Crippen LogP contribution in [0.1, 0.15) is 177 Å². The second kappa shape index (κ2) is 28.7. The van der Waals surface area contributed by atoms with Gasteiger partial charge in [0.15, 0.2) is 0 Å². The van der Waals surface area contributed by atoms with Crippen molar-refractivity contribution in [3.63, 3.8) is 0 Å². The van der Waals surface area contributed by atoms with E-state index in [1.807, 2.05) is 0 Å². The molecule has 39 heavy (non-hydrogen) atoms. The van der Waals surface area contributed by atoms with Gasteiger partial charge in [0.1, 0.15) is 0 Å². The quantitative estimate of drug-likeness (QED) is 0.0591. The summed E-state index contributed by atoms with van der Waals surface area (Å²) in [6.45, 7) is 24.8. The molecule has 4 nitrogen and oxygen atoms in total. The normalized spacial score (nSPS) is 12.5. The van der Waals surface area contributed by atoms with Crippen molar-refractivity contribution >= 4 is 0 Å². The van der Waals surface area contributed by atoms with Crippen LogP contribution < -0.4 is 0 Å². The van der Waals surface area contributed by atoms with Crippen molar-refractivity contribution in [1.29, 1.82) is 0 Å². The van der Waals surface area contributed by atoms with Crippen LogP contribution in [0.5, 0.6) is 0 Å². The van der Waals surface area contributed by atoms with Crippen molar-refractivity contribution in [1.82, 2.24) is 10.1 Å². The molecule has 0 aromatic carbocycles. The van der Waals surface area contributed by atoms with Gasteiger partial charge in [-0.25, -0.2) is 0 Å². The van der Waals surface area contributed by atoms with E-state index in [2.05, 4.69) is 58.6 Å². The Balaban J connectivity index is 6.25. The molecule has 0 bridgehead atoms. The van der Waals surface area contributed by atoms with E-state index in [1.54, 1.807) is 0 Å². The van der Waals surface area contributed by atoms with Crippen molar-refractivity contribution in [3.05, 3.63) is 0 Å². The first-order valence-electron chi connectivity index (χ1n) is 18.0. The molecule has 0 amide bonds. The van der Waals surface area contributed by atoms with Gasteiger partial charge in [0.25, 0.3) is 0 Å². The molecule has 0 fully saturated rings. The predicted molar refractivity (Wildman–Crippen MR) is 173 cm³/mol. The number of hydrogen-bond donors (Lipinski definition) is 0. The summed E-state index contributed by atoms with van der Waals surface area (Å²) in [6, 6.07) is 0. The van der Waals surface area contributed by atoms with Gasteiger partial charge in [0, 0.05) is 0 Å². The number of rotatable bonds is 31. The minimum atomic E-state index is -3.23. The van der Waals surface area contributed by atoms with Crippen molar-refractivity contribution in [2.24, 2.45) is 0 Å². The molecule has 0 heterocycles. The zero-order chi connectivity index (χ0) is 29.0. The predicted octanol–water partition coefficient (Wildman–Crippen LogP) is 10.7. The third-order valence-electron chi connectivity index (χ3n) is 8.22. The van der Waals surface area contributed by atoms with Crippen LogP contribution in [0.4, 0.5) is 0 Å². The molecule has 0 spiro atoms. The molecule has 0 atom stereocenters. The molecule has 0 unspecified atom stereocenters. The number of hydrogen-bond acceptors (Lipinski definition) is 4. The van der Waals surface area contributed by atoms with Crippen LogP contribution in [0.25, 0.3) is 0 Å². The molecule has 0 N–H and O–H groups in total. The molecular weight excluding hydrogens is 514 g/mol. The topological polar surface area (TPSA) is 19.0 Å². The Labute approximate surface area is 253 Å². The van der Waals surface area contributed by atoms with Crippen LogP contribution in [-0.2, 0) is 21.1 Å². The maximum absolute atomic E-state index is 7.61. The van der Waals surface area contributed by atoms with Gasteiger partial charge in [-0.15, -0.1) is 0 Å². The van der Waals surface area contributed by atoms with Crippen LogP contribution in [-0.4, -0.2) is 56.0 Å². The van der Waals surface area contributed by atoms with E-state index in [9.17, 15) is 0 Å². The third-order valence-corrected chi connectivity index (χ3v) is 15.1. The molecule has 236 valence electrons. The van der Waals surface area contributed by atoms with E-state index in [4.69, 9.17) is 3.32 Å². The molecule has 0 saturated carbocycles. The summed E-state index contributed by atoms with van der Waals surface area (Å²) < 4.78 is 16.6. The van der Waals surface area contributed by atoms with Gasteiger partial charge < -0.3 is 0 Å².